The summed E-state index contributed by atoms with van der Waals surface area (Å²) in [6.07, 6.45) is 2.42. The van der Waals surface area contributed by atoms with E-state index < -0.39 is 4.92 Å². The molecule has 9 nitrogen and oxygen atoms in total. The first-order chi connectivity index (χ1) is 15.0. The third kappa shape index (κ3) is 6.70. The molecule has 0 saturated heterocycles. The molecule has 3 aromatic rings. The van der Waals surface area contributed by atoms with Crippen LogP contribution in [0.3, 0.4) is 0 Å². The number of furan rings is 1. The molecule has 31 heavy (non-hydrogen) atoms. The van der Waals surface area contributed by atoms with E-state index in [1.807, 2.05) is 12.1 Å². The maximum atomic E-state index is 12.0. The summed E-state index contributed by atoms with van der Waals surface area (Å²) in [5, 5.41) is 19.4. The van der Waals surface area contributed by atoms with Gasteiger partial charge in [0.05, 0.1) is 11.2 Å². The van der Waals surface area contributed by atoms with Gasteiger partial charge in [0.15, 0.2) is 5.76 Å². The highest BCUT2D eigenvalue weighted by Crippen LogP contribution is 2.15. The van der Waals surface area contributed by atoms with Gasteiger partial charge in [-0.2, -0.15) is 0 Å². The van der Waals surface area contributed by atoms with Gasteiger partial charge in [0.25, 0.3) is 11.6 Å². The van der Waals surface area contributed by atoms with Crippen LogP contribution in [0, 0.1) is 10.1 Å². The first-order valence-corrected chi connectivity index (χ1v) is 9.70. The van der Waals surface area contributed by atoms with Crippen molar-refractivity contribution >= 4 is 28.9 Å². The van der Waals surface area contributed by atoms with Gasteiger partial charge in [0.1, 0.15) is 0 Å². The van der Waals surface area contributed by atoms with Crippen LogP contribution in [-0.4, -0.2) is 23.3 Å². The predicted octanol–water partition coefficient (Wildman–Crippen LogP) is 3.95. The molecular weight excluding hydrogens is 400 g/mol. The fraction of sp³-hybridized carbons (Fsp3) is 0.182. The Kier molecular flexibility index (Phi) is 7.36. The first kappa shape index (κ1) is 21.6. The summed E-state index contributed by atoms with van der Waals surface area (Å²) < 4.78 is 5.05. The number of non-ortho nitro benzene ring substituents is 1. The van der Waals surface area contributed by atoms with Crippen LogP contribution in [0.5, 0.6) is 0 Å². The Labute approximate surface area is 178 Å². The van der Waals surface area contributed by atoms with Crippen LogP contribution in [0.1, 0.15) is 29.0 Å². The number of hydrogen-bond acceptors (Lipinski definition) is 6. The molecule has 0 bridgehead atoms. The van der Waals surface area contributed by atoms with Gasteiger partial charge in [0.2, 0.25) is 5.91 Å². The maximum Gasteiger partial charge on any atom is 0.291 e. The van der Waals surface area contributed by atoms with Crippen LogP contribution in [0.2, 0.25) is 0 Å². The Morgan fingerprint density at radius 2 is 1.68 bits per heavy atom. The van der Waals surface area contributed by atoms with Crippen LogP contribution in [0.4, 0.5) is 17.1 Å². The lowest BCUT2D eigenvalue weighted by Gasteiger charge is -2.08. The number of nitro groups is 1. The molecule has 2 amide bonds. The zero-order valence-corrected chi connectivity index (χ0v) is 16.7. The summed E-state index contributed by atoms with van der Waals surface area (Å²) in [4.78, 5) is 34.1. The lowest BCUT2D eigenvalue weighted by Crippen LogP contribution is -2.23. The Bertz CT molecular complexity index is 1020. The molecule has 3 rings (SSSR count). The van der Waals surface area contributed by atoms with E-state index in [-0.39, 0.29) is 23.3 Å². The van der Waals surface area contributed by atoms with Crippen molar-refractivity contribution in [1.82, 2.24) is 5.32 Å². The summed E-state index contributed by atoms with van der Waals surface area (Å²) in [5.74, 6) is -0.159. The van der Waals surface area contributed by atoms with Crippen molar-refractivity contribution in [2.75, 3.05) is 17.2 Å². The second-order valence-electron chi connectivity index (χ2n) is 6.74. The summed E-state index contributed by atoms with van der Waals surface area (Å²) >= 11 is 0. The summed E-state index contributed by atoms with van der Waals surface area (Å²) in [6.45, 7) is 0.969. The van der Waals surface area contributed by atoms with Crippen molar-refractivity contribution in [2.45, 2.75) is 19.4 Å². The monoisotopic (exact) mass is 422 g/mol. The topological polar surface area (TPSA) is 127 Å². The quantitative estimate of drug-likeness (QED) is 0.258. The van der Waals surface area contributed by atoms with Gasteiger partial charge in [-0.25, -0.2) is 0 Å². The van der Waals surface area contributed by atoms with E-state index >= 15 is 0 Å². The van der Waals surface area contributed by atoms with Gasteiger partial charge < -0.3 is 20.4 Å². The van der Waals surface area contributed by atoms with Crippen LogP contribution in [0.25, 0.3) is 0 Å². The molecule has 2 aromatic carbocycles. The molecule has 9 heteroatoms. The molecule has 0 aliphatic heterocycles. The number of nitrogens with one attached hydrogen (secondary N) is 3. The Morgan fingerprint density at radius 3 is 2.32 bits per heavy atom. The molecule has 0 spiro atoms. The number of benzene rings is 2. The van der Waals surface area contributed by atoms with Crippen LogP contribution in [-0.2, 0) is 11.3 Å². The number of anilines is 2. The van der Waals surface area contributed by atoms with Gasteiger partial charge >= 0.3 is 0 Å². The lowest BCUT2D eigenvalue weighted by atomic mass is 10.2. The van der Waals surface area contributed by atoms with E-state index in [2.05, 4.69) is 16.0 Å². The summed E-state index contributed by atoms with van der Waals surface area (Å²) in [5.41, 5.74) is 2.35. The van der Waals surface area contributed by atoms with Crippen LogP contribution in [0.15, 0.2) is 71.3 Å². The predicted molar refractivity (Wildman–Crippen MR) is 116 cm³/mol. The van der Waals surface area contributed by atoms with Gasteiger partial charge in [-0.1, -0.05) is 12.1 Å². The average molecular weight is 422 g/mol. The van der Waals surface area contributed by atoms with E-state index in [9.17, 15) is 19.7 Å². The van der Waals surface area contributed by atoms with Gasteiger partial charge in [-0.15, -0.1) is 0 Å². The fourth-order valence-corrected chi connectivity index (χ4v) is 2.78. The molecular formula is C22H22N4O5. The zero-order valence-electron chi connectivity index (χ0n) is 16.7. The fourth-order valence-electron chi connectivity index (χ4n) is 2.78. The molecule has 0 radical (unpaired) electrons. The third-order valence-corrected chi connectivity index (χ3v) is 4.43. The second kappa shape index (κ2) is 10.6. The molecule has 0 aliphatic carbocycles. The van der Waals surface area contributed by atoms with Crippen molar-refractivity contribution in [1.29, 1.82) is 0 Å². The minimum Gasteiger partial charge on any atom is -0.459 e. The number of carbonyl (C=O) groups is 2. The standard InChI is InChI=1S/C22H22N4O5/c27-21(4-1-13-23-17-9-11-19(12-10-17)26(29)30)24-15-16-5-7-18(8-6-16)25-22(28)20-3-2-14-31-20/h2-3,5-12,14,23H,1,4,13,15H2,(H,24,27)(H,25,28). The van der Waals surface area contributed by atoms with E-state index in [0.717, 1.165) is 11.3 Å². The number of nitrogens with zero attached hydrogens (tertiary/aromatic N) is 1. The SMILES string of the molecule is O=C(CCCNc1ccc([N+](=O)[O-])cc1)NCc1ccc(NC(=O)c2ccco2)cc1. The van der Waals surface area contributed by atoms with Crippen molar-refractivity contribution < 1.29 is 18.9 Å². The Balaban J connectivity index is 1.33. The van der Waals surface area contributed by atoms with Crippen molar-refractivity contribution in [3.05, 3.63) is 88.4 Å². The molecule has 1 heterocycles. The molecule has 0 atom stereocenters. The highest BCUT2D eigenvalue weighted by molar-refractivity contribution is 6.02. The van der Waals surface area contributed by atoms with Gasteiger partial charge in [0, 0.05) is 43.0 Å². The van der Waals surface area contributed by atoms with Crippen LogP contribution >= 0.6 is 0 Å². The highest BCUT2D eigenvalue weighted by Gasteiger charge is 2.09. The van der Waals surface area contributed by atoms with E-state index in [1.165, 1.54) is 18.4 Å². The maximum absolute atomic E-state index is 12.0. The molecule has 160 valence electrons. The van der Waals surface area contributed by atoms with Crippen molar-refractivity contribution in [3.63, 3.8) is 0 Å². The third-order valence-electron chi connectivity index (χ3n) is 4.43. The Morgan fingerprint density at radius 1 is 0.968 bits per heavy atom. The van der Waals surface area contributed by atoms with Crippen molar-refractivity contribution in [3.8, 4) is 0 Å². The minimum atomic E-state index is -0.446. The van der Waals surface area contributed by atoms with E-state index in [1.54, 1.807) is 36.4 Å². The molecule has 0 aliphatic rings. The molecule has 1 aromatic heterocycles. The normalized spacial score (nSPS) is 10.3. The van der Waals surface area contributed by atoms with E-state index in [4.69, 9.17) is 4.42 Å². The number of nitro benzene ring substituents is 1. The number of hydrogen-bond donors (Lipinski definition) is 3. The van der Waals surface area contributed by atoms with Gasteiger partial charge in [-0.05, 0) is 48.4 Å². The van der Waals surface area contributed by atoms with Crippen molar-refractivity contribution in [2.24, 2.45) is 0 Å². The zero-order chi connectivity index (χ0) is 22.1. The highest BCUT2D eigenvalue weighted by atomic mass is 16.6. The first-order valence-electron chi connectivity index (χ1n) is 9.70. The number of rotatable bonds is 10. The van der Waals surface area contributed by atoms with Crippen LogP contribution < -0.4 is 16.0 Å². The summed E-state index contributed by atoms with van der Waals surface area (Å²) in [7, 11) is 0. The Hall–Kier alpha value is -4.14. The lowest BCUT2D eigenvalue weighted by molar-refractivity contribution is -0.384. The minimum absolute atomic E-state index is 0.0397. The van der Waals surface area contributed by atoms with E-state index in [0.29, 0.717) is 31.6 Å². The largest absolute Gasteiger partial charge is 0.459 e. The molecule has 0 unspecified atom stereocenters. The molecule has 3 N–H and O–H groups in total. The smallest absolute Gasteiger partial charge is 0.291 e. The molecule has 0 saturated carbocycles. The molecule has 0 fully saturated rings. The van der Waals surface area contributed by atoms with Gasteiger partial charge in [-0.3, -0.25) is 19.7 Å². The number of amides is 2. The average Bonchev–Trinajstić information content (AvgIpc) is 3.32. The summed E-state index contributed by atoms with van der Waals surface area (Å²) in [6, 6.07) is 16.5. The second-order valence-corrected chi connectivity index (χ2v) is 6.74. The number of carbonyl (C=O) groups excluding carboxylic acids is 2.